The van der Waals surface area contributed by atoms with E-state index in [4.69, 9.17) is 9.47 Å². The van der Waals surface area contributed by atoms with Gasteiger partial charge in [0.15, 0.2) is 5.69 Å². The van der Waals surface area contributed by atoms with Crippen LogP contribution in [-0.2, 0) is 14.8 Å². The monoisotopic (exact) mass is 562 g/mol. The van der Waals surface area contributed by atoms with Crippen LogP contribution in [0, 0.1) is 0 Å². The van der Waals surface area contributed by atoms with Gasteiger partial charge in [-0.1, -0.05) is 30.3 Å². The van der Waals surface area contributed by atoms with E-state index >= 15 is 0 Å². The van der Waals surface area contributed by atoms with Crippen molar-refractivity contribution in [2.24, 2.45) is 0 Å². The molecule has 11 heteroatoms. The lowest BCUT2D eigenvalue weighted by Crippen LogP contribution is -2.40. The minimum absolute atomic E-state index is 0.00462. The topological polar surface area (TPSA) is 131 Å². The summed E-state index contributed by atoms with van der Waals surface area (Å²) in [6, 6.07) is 21.9. The van der Waals surface area contributed by atoms with Gasteiger partial charge < -0.3 is 9.47 Å². The van der Waals surface area contributed by atoms with Gasteiger partial charge in [-0.15, -0.1) is 0 Å². The van der Waals surface area contributed by atoms with E-state index in [-0.39, 0.29) is 16.3 Å². The standard InChI is InChI=1S/C29H30N4O6S/c1-29(2,3)32-40(36,37)26-9-7-6-8-23(26)19-10-12-20(13-11-19)33(21-14-16-22(38-4)17-15-21)27(34)24-18-25(31-30-24)28(35)39-5/h6-18,32H,1-5H3,(H,30,31). The zero-order chi connectivity index (χ0) is 29.1. The van der Waals surface area contributed by atoms with Crippen molar-refractivity contribution in [1.82, 2.24) is 14.9 Å². The molecular weight excluding hydrogens is 532 g/mol. The summed E-state index contributed by atoms with van der Waals surface area (Å²) in [5, 5.41) is 6.53. The van der Waals surface area contributed by atoms with Gasteiger partial charge in [0.1, 0.15) is 11.4 Å². The number of amides is 1. The molecule has 10 nitrogen and oxygen atoms in total. The Kier molecular flexibility index (Phi) is 8.08. The number of aromatic amines is 1. The first-order valence-corrected chi connectivity index (χ1v) is 13.8. The molecule has 3 aromatic carbocycles. The minimum atomic E-state index is -3.81. The highest BCUT2D eigenvalue weighted by Gasteiger charge is 2.26. The van der Waals surface area contributed by atoms with E-state index in [0.29, 0.717) is 28.3 Å². The van der Waals surface area contributed by atoms with Crippen LogP contribution >= 0.6 is 0 Å². The number of hydrogen-bond acceptors (Lipinski definition) is 7. The van der Waals surface area contributed by atoms with Crippen molar-refractivity contribution in [2.45, 2.75) is 31.2 Å². The van der Waals surface area contributed by atoms with Gasteiger partial charge in [0.25, 0.3) is 5.91 Å². The van der Waals surface area contributed by atoms with Crippen LogP contribution in [0.5, 0.6) is 5.75 Å². The summed E-state index contributed by atoms with van der Waals surface area (Å²) in [5.41, 5.74) is 1.57. The van der Waals surface area contributed by atoms with Crippen molar-refractivity contribution in [3.63, 3.8) is 0 Å². The number of rotatable bonds is 8. The maximum absolute atomic E-state index is 13.7. The first-order valence-electron chi connectivity index (χ1n) is 12.3. The maximum atomic E-state index is 13.7. The number of nitrogens with one attached hydrogen (secondary N) is 2. The summed E-state index contributed by atoms with van der Waals surface area (Å²) in [7, 11) is -1.03. The van der Waals surface area contributed by atoms with Crippen molar-refractivity contribution >= 4 is 33.3 Å². The molecule has 0 bridgehead atoms. The molecule has 1 amide bonds. The lowest BCUT2D eigenvalue weighted by atomic mass is 10.0. The Morgan fingerprint density at radius 1 is 0.900 bits per heavy atom. The predicted octanol–water partition coefficient (Wildman–Crippen LogP) is 4.93. The molecule has 0 spiro atoms. The summed E-state index contributed by atoms with van der Waals surface area (Å²) < 4.78 is 39.0. The lowest BCUT2D eigenvalue weighted by molar-refractivity contribution is 0.0594. The fourth-order valence-corrected chi connectivity index (χ4v) is 5.71. The molecule has 208 valence electrons. The molecule has 0 aliphatic heterocycles. The molecule has 0 saturated heterocycles. The Balaban J connectivity index is 1.75. The summed E-state index contributed by atoms with van der Waals surface area (Å²) >= 11 is 0. The Morgan fingerprint density at radius 3 is 2.08 bits per heavy atom. The molecule has 0 aliphatic carbocycles. The Labute approximate surface area is 233 Å². The number of methoxy groups -OCH3 is 2. The highest BCUT2D eigenvalue weighted by Crippen LogP contribution is 2.33. The van der Waals surface area contributed by atoms with E-state index in [1.807, 2.05) is 0 Å². The van der Waals surface area contributed by atoms with Crippen LogP contribution in [0.2, 0.25) is 0 Å². The van der Waals surface area contributed by atoms with Crippen molar-refractivity contribution < 1.29 is 27.5 Å². The van der Waals surface area contributed by atoms with Crippen LogP contribution in [0.1, 0.15) is 41.7 Å². The molecular formula is C29H30N4O6S. The van der Waals surface area contributed by atoms with Crippen LogP contribution in [-0.4, -0.2) is 50.3 Å². The number of sulfonamides is 1. The van der Waals surface area contributed by atoms with E-state index in [9.17, 15) is 18.0 Å². The quantitative estimate of drug-likeness (QED) is 0.291. The fourth-order valence-electron chi connectivity index (χ4n) is 4.06. The third-order valence-corrected chi connectivity index (χ3v) is 7.61. The predicted molar refractivity (Wildman–Crippen MR) is 151 cm³/mol. The van der Waals surface area contributed by atoms with Gasteiger partial charge in [-0.3, -0.25) is 14.8 Å². The first kappa shape index (κ1) is 28.5. The van der Waals surface area contributed by atoms with Gasteiger partial charge in [-0.05, 0) is 68.8 Å². The second-order valence-electron chi connectivity index (χ2n) is 9.90. The number of aromatic nitrogens is 2. The Hall–Kier alpha value is -4.48. The second-order valence-corrected chi connectivity index (χ2v) is 11.5. The van der Waals surface area contributed by atoms with Crippen LogP contribution < -0.4 is 14.4 Å². The van der Waals surface area contributed by atoms with Crippen molar-refractivity contribution in [3.8, 4) is 16.9 Å². The Morgan fingerprint density at radius 2 is 1.50 bits per heavy atom. The largest absolute Gasteiger partial charge is 0.497 e. The maximum Gasteiger partial charge on any atom is 0.356 e. The minimum Gasteiger partial charge on any atom is -0.497 e. The van der Waals surface area contributed by atoms with Crippen LogP contribution in [0.25, 0.3) is 11.1 Å². The Bertz CT molecular complexity index is 1620. The van der Waals surface area contributed by atoms with Crippen molar-refractivity contribution in [3.05, 3.63) is 90.3 Å². The number of benzene rings is 3. The lowest BCUT2D eigenvalue weighted by Gasteiger charge is -2.23. The SMILES string of the molecule is COC(=O)c1cc(C(=O)N(c2ccc(OC)cc2)c2ccc(-c3ccccc3S(=O)(=O)NC(C)(C)C)cc2)n[nH]1. The van der Waals surface area contributed by atoms with Gasteiger partial charge in [-0.25, -0.2) is 17.9 Å². The molecule has 4 aromatic rings. The average molecular weight is 563 g/mol. The summed E-state index contributed by atoms with van der Waals surface area (Å²) in [6.45, 7) is 5.33. The van der Waals surface area contributed by atoms with Gasteiger partial charge in [0.05, 0.1) is 19.1 Å². The molecule has 1 heterocycles. The number of carbonyl (C=O) groups is 2. The molecule has 0 atom stereocenters. The zero-order valence-electron chi connectivity index (χ0n) is 22.8. The number of nitrogens with zero attached hydrogens (tertiary/aromatic N) is 2. The van der Waals surface area contributed by atoms with E-state index < -0.39 is 27.4 Å². The highest BCUT2D eigenvalue weighted by molar-refractivity contribution is 7.89. The van der Waals surface area contributed by atoms with Gasteiger partial charge >= 0.3 is 5.97 Å². The number of ether oxygens (including phenoxy) is 2. The third-order valence-electron chi connectivity index (χ3n) is 5.79. The number of anilines is 2. The molecule has 0 aliphatic rings. The summed E-state index contributed by atoms with van der Waals surface area (Å²) in [4.78, 5) is 27.1. The van der Waals surface area contributed by atoms with Crippen LogP contribution in [0.15, 0.2) is 83.8 Å². The number of hydrogen-bond donors (Lipinski definition) is 2. The molecule has 4 rings (SSSR count). The molecule has 0 radical (unpaired) electrons. The van der Waals surface area contributed by atoms with Gasteiger partial charge in [0.2, 0.25) is 10.0 Å². The number of H-pyrrole nitrogens is 1. The molecule has 0 unspecified atom stereocenters. The number of esters is 1. The van der Waals surface area contributed by atoms with Crippen molar-refractivity contribution in [2.75, 3.05) is 19.1 Å². The average Bonchev–Trinajstić information content (AvgIpc) is 3.43. The second kappa shape index (κ2) is 11.3. The normalized spacial score (nSPS) is 11.6. The molecule has 0 fully saturated rings. The van der Waals surface area contributed by atoms with E-state index in [1.54, 1.807) is 101 Å². The fraction of sp³-hybridized carbons (Fsp3) is 0.207. The van der Waals surface area contributed by atoms with Crippen molar-refractivity contribution in [1.29, 1.82) is 0 Å². The van der Waals surface area contributed by atoms with Crippen LogP contribution in [0.4, 0.5) is 11.4 Å². The van der Waals surface area contributed by atoms with Crippen LogP contribution in [0.3, 0.4) is 0 Å². The van der Waals surface area contributed by atoms with Gasteiger partial charge in [0, 0.05) is 28.5 Å². The number of carbonyl (C=O) groups excluding carboxylic acids is 2. The van der Waals surface area contributed by atoms with E-state index in [2.05, 4.69) is 14.9 Å². The highest BCUT2D eigenvalue weighted by atomic mass is 32.2. The summed E-state index contributed by atoms with van der Waals surface area (Å²) in [6.07, 6.45) is 0. The third kappa shape index (κ3) is 6.22. The first-order chi connectivity index (χ1) is 18.9. The smallest absolute Gasteiger partial charge is 0.356 e. The molecule has 2 N–H and O–H groups in total. The molecule has 40 heavy (non-hydrogen) atoms. The van der Waals surface area contributed by atoms with E-state index in [1.165, 1.54) is 18.1 Å². The zero-order valence-corrected chi connectivity index (χ0v) is 23.6. The molecule has 1 aromatic heterocycles. The summed E-state index contributed by atoms with van der Waals surface area (Å²) in [5.74, 6) is -0.538. The molecule has 0 saturated carbocycles. The van der Waals surface area contributed by atoms with Gasteiger partial charge in [-0.2, -0.15) is 5.10 Å². The van der Waals surface area contributed by atoms with E-state index in [0.717, 1.165) is 0 Å².